The number of anilines is 1. The molecule has 3 aromatic heterocycles. The molecule has 3 aliphatic heterocycles. The number of ether oxygens (including phenoxy) is 1. The second-order valence-corrected chi connectivity index (χ2v) is 13.9. The van der Waals surface area contributed by atoms with Crippen LogP contribution in [-0.4, -0.2) is 97.9 Å². The zero-order chi connectivity index (χ0) is 36.0. The maximum atomic E-state index is 16.9. The molecule has 0 N–H and O–H groups in total. The number of carbonyl (C=O) groups is 1. The highest BCUT2D eigenvalue weighted by molar-refractivity contribution is 6.36. The first-order chi connectivity index (χ1) is 25.2. The summed E-state index contributed by atoms with van der Waals surface area (Å²) in [7, 11) is 0. The van der Waals surface area contributed by atoms with E-state index in [0.29, 0.717) is 52.5 Å². The van der Waals surface area contributed by atoms with Gasteiger partial charge >= 0.3 is 6.01 Å². The van der Waals surface area contributed by atoms with Crippen LogP contribution in [0.15, 0.2) is 53.2 Å². The highest BCUT2D eigenvalue weighted by atomic mass is 35.5. The summed E-state index contributed by atoms with van der Waals surface area (Å²) in [5.74, 6) is 0.00358. The van der Waals surface area contributed by atoms with E-state index in [1.165, 1.54) is 18.3 Å². The van der Waals surface area contributed by atoms with Crippen LogP contribution in [0.4, 0.5) is 14.6 Å². The third-order valence-corrected chi connectivity index (χ3v) is 10.6. The zero-order valence-electron chi connectivity index (χ0n) is 28.3. The molecule has 2 aromatic carbocycles. The third-order valence-electron chi connectivity index (χ3n) is 10.3. The van der Waals surface area contributed by atoms with E-state index in [-0.39, 0.29) is 55.1 Å². The molecule has 3 fully saturated rings. The second-order valence-electron chi connectivity index (χ2n) is 13.5. The second kappa shape index (κ2) is 13.7. The Kier molecular flexibility index (Phi) is 8.92. The summed E-state index contributed by atoms with van der Waals surface area (Å²) < 4.78 is 42.8. The van der Waals surface area contributed by atoms with Gasteiger partial charge in [0.2, 0.25) is 5.91 Å². The van der Waals surface area contributed by atoms with Gasteiger partial charge in [0.15, 0.2) is 11.6 Å². The summed E-state index contributed by atoms with van der Waals surface area (Å²) >= 11 is 6.62. The molecule has 12 nitrogen and oxygen atoms in total. The predicted molar refractivity (Wildman–Crippen MR) is 190 cm³/mol. The number of nitriles is 1. The van der Waals surface area contributed by atoms with Gasteiger partial charge in [-0.25, -0.2) is 8.78 Å². The van der Waals surface area contributed by atoms with E-state index in [4.69, 9.17) is 25.8 Å². The van der Waals surface area contributed by atoms with Gasteiger partial charge in [0, 0.05) is 66.9 Å². The summed E-state index contributed by atoms with van der Waals surface area (Å²) in [6, 6.07) is 12.6. The first-order valence-corrected chi connectivity index (χ1v) is 17.6. The zero-order valence-corrected chi connectivity index (χ0v) is 29.1. The van der Waals surface area contributed by atoms with Crippen LogP contribution in [-0.2, 0) is 4.79 Å². The highest BCUT2D eigenvalue weighted by Gasteiger charge is 2.49. The van der Waals surface area contributed by atoms with Crippen molar-refractivity contribution in [3.63, 3.8) is 0 Å². The number of halogens is 3. The number of rotatable bonds is 8. The fraction of sp³-hybridized carbons (Fsp3) is 0.378. The maximum absolute atomic E-state index is 16.9. The molecular weight excluding hydrogens is 692 g/mol. The van der Waals surface area contributed by atoms with Crippen LogP contribution in [0, 0.1) is 24.1 Å². The molecule has 6 heterocycles. The third kappa shape index (κ3) is 6.17. The first-order valence-electron chi connectivity index (χ1n) is 17.2. The van der Waals surface area contributed by atoms with Crippen LogP contribution in [0.2, 0.25) is 5.02 Å². The summed E-state index contributed by atoms with van der Waals surface area (Å²) in [5.41, 5.74) is 0.101. The van der Waals surface area contributed by atoms with Crippen LogP contribution < -0.4 is 9.64 Å². The lowest BCUT2D eigenvalue weighted by Crippen LogP contribution is -2.55. The SMILES string of the molecule is Cc1noc(/C=C/C(=O)N2CCN(c3nc(OC[C@@]45CCCN4C[C@H](F)C5)nc4c(F)c(-c5cccc6cccc(Cl)c56)ncc34)C[C@@H]2CC#N)n1. The Morgan fingerprint density at radius 3 is 2.83 bits per heavy atom. The lowest BCUT2D eigenvalue weighted by atomic mass is 9.95. The van der Waals surface area contributed by atoms with Crippen LogP contribution in [0.1, 0.15) is 37.4 Å². The molecule has 0 radical (unpaired) electrons. The van der Waals surface area contributed by atoms with Crippen LogP contribution >= 0.6 is 11.6 Å². The Morgan fingerprint density at radius 2 is 2.02 bits per heavy atom. The van der Waals surface area contributed by atoms with Gasteiger partial charge in [-0.2, -0.15) is 20.2 Å². The largest absolute Gasteiger partial charge is 0.461 e. The number of fused-ring (bicyclic) bond motifs is 3. The van der Waals surface area contributed by atoms with Crippen molar-refractivity contribution in [1.29, 1.82) is 5.26 Å². The van der Waals surface area contributed by atoms with E-state index in [1.807, 2.05) is 29.2 Å². The number of pyridine rings is 1. The Hall–Kier alpha value is -5.26. The van der Waals surface area contributed by atoms with Gasteiger partial charge in [-0.15, -0.1) is 0 Å². The topological polar surface area (TPSA) is 137 Å². The lowest BCUT2D eigenvalue weighted by molar-refractivity contribution is -0.128. The van der Waals surface area contributed by atoms with Crippen molar-refractivity contribution in [3.8, 4) is 23.3 Å². The minimum absolute atomic E-state index is 0.00209. The Balaban J connectivity index is 1.17. The number of hydrogen-bond acceptors (Lipinski definition) is 11. The molecule has 3 atom stereocenters. The number of amides is 1. The number of nitrogens with zero attached hydrogens (tertiary/aromatic N) is 9. The van der Waals surface area contributed by atoms with E-state index < -0.39 is 23.6 Å². The van der Waals surface area contributed by atoms with Gasteiger partial charge < -0.3 is 19.1 Å². The molecule has 0 bridgehead atoms. The number of aromatic nitrogens is 5. The number of hydrogen-bond donors (Lipinski definition) is 0. The molecule has 266 valence electrons. The van der Waals surface area contributed by atoms with Crippen LogP contribution in [0.3, 0.4) is 0 Å². The molecular formula is C37H34ClF2N9O3. The monoisotopic (exact) mass is 725 g/mol. The number of carbonyl (C=O) groups excluding carboxylic acids is 1. The predicted octanol–water partition coefficient (Wildman–Crippen LogP) is 5.93. The Bertz CT molecular complexity index is 2260. The van der Waals surface area contributed by atoms with E-state index in [0.717, 1.165) is 24.8 Å². The maximum Gasteiger partial charge on any atom is 0.319 e. The van der Waals surface area contributed by atoms with Crippen molar-refractivity contribution < 1.29 is 22.8 Å². The first kappa shape index (κ1) is 33.9. The molecule has 1 amide bonds. The lowest BCUT2D eigenvalue weighted by Gasteiger charge is -2.41. The summed E-state index contributed by atoms with van der Waals surface area (Å²) in [5, 5.41) is 15.8. The molecule has 15 heteroatoms. The smallest absolute Gasteiger partial charge is 0.319 e. The molecule has 3 saturated heterocycles. The van der Waals surface area contributed by atoms with Gasteiger partial charge in [-0.05, 0) is 37.8 Å². The van der Waals surface area contributed by atoms with E-state index in [2.05, 4.69) is 31.1 Å². The van der Waals surface area contributed by atoms with Gasteiger partial charge in [0.05, 0.1) is 29.5 Å². The summed E-state index contributed by atoms with van der Waals surface area (Å²) in [6.07, 6.45) is 5.49. The van der Waals surface area contributed by atoms with Crippen molar-refractivity contribution in [2.45, 2.75) is 50.4 Å². The van der Waals surface area contributed by atoms with E-state index in [1.54, 1.807) is 24.0 Å². The van der Waals surface area contributed by atoms with Crippen molar-refractivity contribution in [2.24, 2.45) is 0 Å². The number of alkyl halides is 1. The normalized spacial score (nSPS) is 22.1. The quantitative estimate of drug-likeness (QED) is 0.176. The summed E-state index contributed by atoms with van der Waals surface area (Å²) in [6.45, 7) is 3.77. The standard InChI is InChI=1S/C37H34ClF2N9O3/c1-22-43-29(52-46-22)9-10-30(50)49-16-15-47(20-25(49)11-13-41)35-27-18-42-33(26-7-2-5-23-6-3-8-28(38)31(23)26)32(40)34(27)44-36(45-35)51-21-37-12-4-14-48(37)19-24(39)17-37/h2-3,5-10,18,24-25H,4,11-12,14-17,19-21H2,1H3/b10-9+/t24-,25+,37+/m1/s1. The molecule has 8 rings (SSSR count). The summed E-state index contributed by atoms with van der Waals surface area (Å²) in [4.78, 5) is 37.0. The fourth-order valence-electron chi connectivity index (χ4n) is 7.89. The molecule has 3 aliphatic rings. The molecule has 0 saturated carbocycles. The van der Waals surface area contributed by atoms with Crippen molar-refractivity contribution in [3.05, 3.63) is 71.2 Å². The van der Waals surface area contributed by atoms with Gasteiger partial charge in [-0.3, -0.25) is 14.7 Å². The van der Waals surface area contributed by atoms with Crippen LogP contribution in [0.5, 0.6) is 6.01 Å². The fourth-order valence-corrected chi connectivity index (χ4v) is 8.18. The average molecular weight is 726 g/mol. The van der Waals surface area contributed by atoms with Crippen LogP contribution in [0.25, 0.3) is 39.0 Å². The van der Waals surface area contributed by atoms with E-state index >= 15 is 4.39 Å². The van der Waals surface area contributed by atoms with Gasteiger partial charge in [0.1, 0.15) is 29.8 Å². The minimum atomic E-state index is -0.947. The number of benzene rings is 2. The molecule has 5 aromatic rings. The molecule has 52 heavy (non-hydrogen) atoms. The highest BCUT2D eigenvalue weighted by Crippen LogP contribution is 2.41. The molecule has 0 unspecified atom stereocenters. The Labute approximate surface area is 302 Å². The number of piperazine rings is 1. The average Bonchev–Trinajstić information content (AvgIpc) is 3.83. The van der Waals surface area contributed by atoms with Crippen molar-refractivity contribution in [1.82, 2.24) is 34.9 Å². The molecule has 0 spiro atoms. The molecule has 0 aliphatic carbocycles. The Morgan fingerprint density at radius 1 is 1.17 bits per heavy atom. The number of aryl methyl sites for hydroxylation is 1. The van der Waals surface area contributed by atoms with Gasteiger partial charge in [-0.1, -0.05) is 47.1 Å². The minimum Gasteiger partial charge on any atom is -0.461 e. The van der Waals surface area contributed by atoms with Gasteiger partial charge in [0.25, 0.3) is 5.89 Å². The van der Waals surface area contributed by atoms with Crippen molar-refractivity contribution >= 4 is 51.1 Å². The van der Waals surface area contributed by atoms with E-state index in [9.17, 15) is 14.4 Å². The van der Waals surface area contributed by atoms with Crippen molar-refractivity contribution in [2.75, 3.05) is 44.2 Å².